The first-order chi connectivity index (χ1) is 6.13. The fourth-order valence-electron chi connectivity index (χ4n) is 0.868. The highest BCUT2D eigenvalue weighted by molar-refractivity contribution is 5.25. The van der Waals surface area contributed by atoms with E-state index in [2.05, 4.69) is 0 Å². The minimum absolute atomic E-state index is 0.0191. The third kappa shape index (κ3) is 2.68. The maximum Gasteiger partial charge on any atom is 0.165 e. The Bertz CT molecular complexity index is 286. The predicted molar refractivity (Wildman–Crippen MR) is 46.7 cm³/mol. The number of halogens is 2. The van der Waals surface area contributed by atoms with Gasteiger partial charge in [0, 0.05) is 6.07 Å². The first kappa shape index (κ1) is 9.96. The van der Waals surface area contributed by atoms with Gasteiger partial charge in [-0.2, -0.15) is 0 Å². The second kappa shape index (κ2) is 4.21. The molecule has 1 aromatic rings. The van der Waals surface area contributed by atoms with Gasteiger partial charge in [0.15, 0.2) is 11.6 Å². The van der Waals surface area contributed by atoms with Crippen molar-refractivity contribution in [1.29, 1.82) is 0 Å². The van der Waals surface area contributed by atoms with Crippen molar-refractivity contribution in [3.63, 3.8) is 0 Å². The molecule has 0 aliphatic carbocycles. The number of ether oxygens (including phenoxy) is 1. The number of hydrogen-bond acceptors (Lipinski definition) is 1. The van der Waals surface area contributed by atoms with Crippen molar-refractivity contribution in [2.45, 2.75) is 26.4 Å². The highest BCUT2D eigenvalue weighted by Gasteiger charge is 2.07. The van der Waals surface area contributed by atoms with Gasteiger partial charge >= 0.3 is 0 Å². The largest absolute Gasteiger partial charge is 0.488 e. The Kier molecular flexibility index (Phi) is 3.23. The van der Waals surface area contributed by atoms with Crippen LogP contribution in [0.2, 0.25) is 0 Å². The fourth-order valence-corrected chi connectivity index (χ4v) is 0.868. The van der Waals surface area contributed by atoms with Crippen LogP contribution in [0.15, 0.2) is 18.2 Å². The van der Waals surface area contributed by atoms with E-state index in [-0.39, 0.29) is 11.9 Å². The van der Waals surface area contributed by atoms with Crippen LogP contribution in [0.3, 0.4) is 0 Å². The van der Waals surface area contributed by atoms with Crippen molar-refractivity contribution >= 4 is 0 Å². The van der Waals surface area contributed by atoms with Crippen LogP contribution in [0.1, 0.15) is 20.3 Å². The van der Waals surface area contributed by atoms with Gasteiger partial charge in [-0.3, -0.25) is 0 Å². The van der Waals surface area contributed by atoms with Crippen molar-refractivity contribution in [3.8, 4) is 5.75 Å². The molecule has 0 fully saturated rings. The number of hydrogen-bond donors (Lipinski definition) is 0. The fraction of sp³-hybridized carbons (Fsp3) is 0.400. The summed E-state index contributed by atoms with van der Waals surface area (Å²) in [7, 11) is 0. The molecule has 0 saturated carbocycles. The minimum Gasteiger partial charge on any atom is -0.488 e. The van der Waals surface area contributed by atoms with Crippen LogP contribution in [0.4, 0.5) is 8.78 Å². The van der Waals surface area contributed by atoms with Gasteiger partial charge in [0.25, 0.3) is 0 Å². The second-order valence-corrected chi connectivity index (χ2v) is 2.91. The van der Waals surface area contributed by atoms with Crippen LogP contribution in [0, 0.1) is 11.6 Å². The van der Waals surface area contributed by atoms with Gasteiger partial charge in [-0.1, -0.05) is 6.92 Å². The summed E-state index contributed by atoms with van der Waals surface area (Å²) in [5.41, 5.74) is 0. The Hall–Kier alpha value is -1.12. The Morgan fingerprint density at radius 3 is 2.69 bits per heavy atom. The molecule has 0 N–H and O–H groups in total. The van der Waals surface area contributed by atoms with Crippen molar-refractivity contribution in [3.05, 3.63) is 29.8 Å². The van der Waals surface area contributed by atoms with Crippen molar-refractivity contribution in [2.24, 2.45) is 0 Å². The van der Waals surface area contributed by atoms with E-state index in [9.17, 15) is 8.78 Å². The highest BCUT2D eigenvalue weighted by atomic mass is 19.1. The van der Waals surface area contributed by atoms with Crippen LogP contribution < -0.4 is 4.74 Å². The zero-order valence-electron chi connectivity index (χ0n) is 7.68. The van der Waals surface area contributed by atoms with Crippen LogP contribution in [0.5, 0.6) is 5.75 Å². The molecule has 0 radical (unpaired) electrons. The van der Waals surface area contributed by atoms with E-state index in [1.165, 1.54) is 0 Å². The molecule has 0 heterocycles. The lowest BCUT2D eigenvalue weighted by Crippen LogP contribution is -2.10. The molecule has 13 heavy (non-hydrogen) atoms. The third-order valence-electron chi connectivity index (χ3n) is 1.80. The van der Waals surface area contributed by atoms with E-state index in [0.717, 1.165) is 24.6 Å². The van der Waals surface area contributed by atoms with E-state index in [1.807, 2.05) is 13.8 Å². The van der Waals surface area contributed by atoms with Crippen LogP contribution in [-0.2, 0) is 0 Å². The number of rotatable bonds is 3. The Morgan fingerprint density at radius 2 is 2.08 bits per heavy atom. The van der Waals surface area contributed by atoms with Crippen LogP contribution in [-0.4, -0.2) is 6.10 Å². The smallest absolute Gasteiger partial charge is 0.165 e. The Labute approximate surface area is 76.3 Å². The number of benzene rings is 1. The molecule has 1 nitrogen and oxygen atoms in total. The first-order valence-corrected chi connectivity index (χ1v) is 4.25. The SMILES string of the molecule is CCC(C)Oc1cc(F)ccc1F. The quantitative estimate of drug-likeness (QED) is 0.704. The minimum atomic E-state index is -0.526. The molecule has 1 rings (SSSR count). The maximum absolute atomic E-state index is 13.0. The molecular formula is C10H12F2O. The molecule has 0 amide bonds. The van der Waals surface area contributed by atoms with Crippen molar-refractivity contribution in [2.75, 3.05) is 0 Å². The molecule has 0 aliphatic rings. The van der Waals surface area contributed by atoms with Gasteiger partial charge in [-0.25, -0.2) is 8.78 Å². The molecule has 0 aromatic heterocycles. The summed E-state index contributed by atoms with van der Waals surface area (Å²) in [4.78, 5) is 0. The lowest BCUT2D eigenvalue weighted by Gasteiger charge is -2.12. The zero-order chi connectivity index (χ0) is 9.84. The van der Waals surface area contributed by atoms with Gasteiger partial charge in [-0.05, 0) is 25.5 Å². The standard InChI is InChI=1S/C10H12F2O/c1-3-7(2)13-10-6-8(11)4-5-9(10)12/h4-7H,3H2,1-2H3. The average Bonchev–Trinajstić information content (AvgIpc) is 2.11. The molecule has 1 aromatic carbocycles. The molecule has 3 heteroatoms. The topological polar surface area (TPSA) is 9.23 Å². The molecular weight excluding hydrogens is 174 g/mol. The van der Waals surface area contributed by atoms with Gasteiger partial charge in [0.05, 0.1) is 6.10 Å². The van der Waals surface area contributed by atoms with E-state index in [4.69, 9.17) is 4.74 Å². The summed E-state index contributed by atoms with van der Waals surface area (Å²) in [6.07, 6.45) is 0.659. The molecule has 0 bridgehead atoms. The van der Waals surface area contributed by atoms with E-state index in [0.29, 0.717) is 0 Å². The highest BCUT2D eigenvalue weighted by Crippen LogP contribution is 2.19. The monoisotopic (exact) mass is 186 g/mol. The maximum atomic E-state index is 13.0. The van der Waals surface area contributed by atoms with E-state index in [1.54, 1.807) is 0 Å². The van der Waals surface area contributed by atoms with Crippen LogP contribution in [0.25, 0.3) is 0 Å². The molecule has 0 aliphatic heterocycles. The van der Waals surface area contributed by atoms with Gasteiger partial charge in [-0.15, -0.1) is 0 Å². The normalized spacial score (nSPS) is 12.6. The van der Waals surface area contributed by atoms with Gasteiger partial charge < -0.3 is 4.74 Å². The summed E-state index contributed by atoms with van der Waals surface area (Å²) < 4.78 is 30.8. The molecule has 0 spiro atoms. The molecule has 72 valence electrons. The van der Waals surface area contributed by atoms with Crippen molar-refractivity contribution < 1.29 is 13.5 Å². The summed E-state index contributed by atoms with van der Waals surface area (Å²) in [6.45, 7) is 3.73. The summed E-state index contributed by atoms with van der Waals surface area (Å²) in [6, 6.07) is 3.19. The summed E-state index contributed by atoms with van der Waals surface area (Å²) in [5.74, 6) is -1.03. The molecule has 1 unspecified atom stereocenters. The lowest BCUT2D eigenvalue weighted by atomic mass is 10.3. The Morgan fingerprint density at radius 1 is 1.38 bits per heavy atom. The van der Waals surface area contributed by atoms with E-state index < -0.39 is 11.6 Å². The Balaban J connectivity index is 2.81. The van der Waals surface area contributed by atoms with Crippen molar-refractivity contribution in [1.82, 2.24) is 0 Å². The zero-order valence-corrected chi connectivity index (χ0v) is 7.68. The third-order valence-corrected chi connectivity index (χ3v) is 1.80. The van der Waals surface area contributed by atoms with E-state index >= 15 is 0 Å². The molecule has 1 atom stereocenters. The lowest BCUT2D eigenvalue weighted by molar-refractivity contribution is 0.207. The predicted octanol–water partition coefficient (Wildman–Crippen LogP) is 3.14. The van der Waals surface area contributed by atoms with Gasteiger partial charge in [0.1, 0.15) is 5.82 Å². The summed E-state index contributed by atoms with van der Waals surface area (Å²) in [5, 5.41) is 0. The second-order valence-electron chi connectivity index (χ2n) is 2.91. The van der Waals surface area contributed by atoms with Gasteiger partial charge in [0.2, 0.25) is 0 Å². The first-order valence-electron chi connectivity index (χ1n) is 4.25. The summed E-state index contributed by atoms with van der Waals surface area (Å²) >= 11 is 0. The van der Waals surface area contributed by atoms with Crippen LogP contribution >= 0.6 is 0 Å². The average molecular weight is 186 g/mol. The molecule has 0 saturated heterocycles.